The van der Waals surface area contributed by atoms with Crippen LogP contribution in [0.1, 0.15) is 34.1 Å². The Balaban J connectivity index is 2.47. The summed E-state index contributed by atoms with van der Waals surface area (Å²) >= 11 is 0. The maximum Gasteiger partial charge on any atom is 0.0502 e. The molecule has 1 unspecified atom stereocenters. The molecular weight excluding hydrogens is 170 g/mol. The number of hydrogen-bond acceptors (Lipinski definition) is 1. The van der Waals surface area contributed by atoms with Crippen LogP contribution in [0.4, 0.5) is 5.69 Å². The number of anilines is 1. The fourth-order valence-electron chi connectivity index (χ4n) is 2.22. The Morgan fingerprint density at radius 2 is 2.14 bits per heavy atom. The Morgan fingerprint density at radius 1 is 1.43 bits per heavy atom. The van der Waals surface area contributed by atoms with Crippen molar-refractivity contribution in [1.29, 1.82) is 0 Å². The zero-order chi connectivity index (χ0) is 11.1. The van der Waals surface area contributed by atoms with Crippen molar-refractivity contribution in [3.63, 3.8) is 0 Å². The fraction of sp³-hybridized carbons (Fsp3) is 0.538. The van der Waals surface area contributed by atoms with Crippen LogP contribution in [-0.2, 0) is 5.41 Å². The molecule has 0 saturated carbocycles. The van der Waals surface area contributed by atoms with E-state index in [2.05, 4.69) is 49.9 Å². The van der Waals surface area contributed by atoms with E-state index in [1.165, 1.54) is 11.3 Å². The third kappa shape index (κ3) is 1.41. The predicted molar refractivity (Wildman–Crippen MR) is 62.0 cm³/mol. The summed E-state index contributed by atoms with van der Waals surface area (Å²) in [6, 6.07) is 8.44. The SMILES string of the molecule is [2H]C1N(CCC)c2ccccc2C1(C)C. The van der Waals surface area contributed by atoms with Gasteiger partial charge in [-0.05, 0) is 18.1 Å². The molecule has 1 aromatic carbocycles. The van der Waals surface area contributed by atoms with E-state index in [4.69, 9.17) is 1.37 Å². The monoisotopic (exact) mass is 190 g/mol. The Hall–Kier alpha value is -0.980. The summed E-state index contributed by atoms with van der Waals surface area (Å²) in [6.07, 6.45) is 1.10. The van der Waals surface area contributed by atoms with Crippen LogP contribution >= 0.6 is 0 Å². The lowest BCUT2D eigenvalue weighted by Crippen LogP contribution is -2.28. The van der Waals surface area contributed by atoms with E-state index < -0.39 is 0 Å². The Labute approximate surface area is 88.1 Å². The molecule has 0 fully saturated rings. The molecule has 0 amide bonds. The second-order valence-electron chi connectivity index (χ2n) is 4.56. The molecule has 0 N–H and O–H groups in total. The molecule has 0 saturated heterocycles. The lowest BCUT2D eigenvalue weighted by molar-refractivity contribution is 0.549. The molecule has 2 rings (SSSR count). The highest BCUT2D eigenvalue weighted by Crippen LogP contribution is 2.39. The van der Waals surface area contributed by atoms with Crippen LogP contribution in [0.15, 0.2) is 24.3 Å². The number of fused-ring (bicyclic) bond motifs is 1. The third-order valence-electron chi connectivity index (χ3n) is 2.85. The molecule has 1 atom stereocenters. The summed E-state index contributed by atoms with van der Waals surface area (Å²) < 4.78 is 8.31. The maximum absolute atomic E-state index is 8.31. The minimum absolute atomic E-state index is 0.0498. The van der Waals surface area contributed by atoms with Crippen molar-refractivity contribution in [2.75, 3.05) is 18.0 Å². The van der Waals surface area contributed by atoms with Crippen molar-refractivity contribution in [1.82, 2.24) is 0 Å². The highest BCUT2D eigenvalue weighted by atomic mass is 15.2. The van der Waals surface area contributed by atoms with Crippen LogP contribution in [0.3, 0.4) is 0 Å². The molecule has 76 valence electrons. The van der Waals surface area contributed by atoms with Crippen molar-refractivity contribution >= 4 is 5.69 Å². The second kappa shape index (κ2) is 3.30. The van der Waals surface area contributed by atoms with Gasteiger partial charge in [-0.3, -0.25) is 0 Å². The molecule has 1 aliphatic heterocycles. The van der Waals surface area contributed by atoms with Crippen LogP contribution in [0.25, 0.3) is 0 Å². The Bertz CT molecular complexity index is 359. The normalized spacial score (nSPS) is 24.6. The first-order chi connectivity index (χ1) is 7.09. The number of nitrogens with zero attached hydrogens (tertiary/aromatic N) is 1. The van der Waals surface area contributed by atoms with Gasteiger partial charge in [0, 0.05) is 24.2 Å². The number of benzene rings is 1. The minimum Gasteiger partial charge on any atom is -0.370 e. The predicted octanol–water partition coefficient (Wildman–Crippen LogP) is 3.19. The summed E-state index contributed by atoms with van der Waals surface area (Å²) in [4.78, 5) is 2.22. The minimum atomic E-state index is -0.144. The summed E-state index contributed by atoms with van der Waals surface area (Å²) in [7, 11) is 0. The number of para-hydroxylation sites is 1. The van der Waals surface area contributed by atoms with Gasteiger partial charge < -0.3 is 4.90 Å². The van der Waals surface area contributed by atoms with Crippen LogP contribution in [0, 0.1) is 0 Å². The molecule has 0 aliphatic carbocycles. The zero-order valence-electron chi connectivity index (χ0n) is 10.2. The van der Waals surface area contributed by atoms with Crippen LogP contribution in [-0.4, -0.2) is 13.1 Å². The van der Waals surface area contributed by atoms with Gasteiger partial charge in [0.1, 0.15) is 0 Å². The van der Waals surface area contributed by atoms with Crippen molar-refractivity contribution in [3.8, 4) is 0 Å². The summed E-state index contributed by atoms with van der Waals surface area (Å²) in [5.41, 5.74) is 2.52. The van der Waals surface area contributed by atoms with Crippen LogP contribution < -0.4 is 4.90 Å². The van der Waals surface area contributed by atoms with E-state index in [1.54, 1.807) is 0 Å². The zero-order valence-corrected chi connectivity index (χ0v) is 9.25. The molecule has 1 aliphatic rings. The number of hydrogen-bond donors (Lipinski definition) is 0. The van der Waals surface area contributed by atoms with E-state index in [1.807, 2.05) is 0 Å². The highest BCUT2D eigenvalue weighted by molar-refractivity contribution is 5.61. The van der Waals surface area contributed by atoms with E-state index >= 15 is 0 Å². The first kappa shape index (κ1) is 8.34. The molecule has 0 radical (unpaired) electrons. The Kier molecular flexibility index (Phi) is 1.97. The van der Waals surface area contributed by atoms with Crippen molar-refractivity contribution in [2.45, 2.75) is 32.6 Å². The van der Waals surface area contributed by atoms with E-state index in [-0.39, 0.29) is 11.9 Å². The fourth-order valence-corrected chi connectivity index (χ4v) is 2.22. The van der Waals surface area contributed by atoms with Crippen molar-refractivity contribution in [2.24, 2.45) is 0 Å². The third-order valence-corrected chi connectivity index (χ3v) is 2.85. The van der Waals surface area contributed by atoms with Gasteiger partial charge in [-0.15, -0.1) is 0 Å². The van der Waals surface area contributed by atoms with Gasteiger partial charge >= 0.3 is 0 Å². The lowest BCUT2D eigenvalue weighted by Gasteiger charge is -2.21. The van der Waals surface area contributed by atoms with E-state index in [0.29, 0.717) is 0 Å². The molecular formula is C13H19N. The molecule has 0 bridgehead atoms. The van der Waals surface area contributed by atoms with Gasteiger partial charge in [0.15, 0.2) is 0 Å². The lowest BCUT2D eigenvalue weighted by atomic mass is 9.87. The summed E-state index contributed by atoms with van der Waals surface area (Å²) in [5, 5.41) is 0. The first-order valence-corrected chi connectivity index (χ1v) is 5.37. The van der Waals surface area contributed by atoms with E-state index in [9.17, 15) is 0 Å². The summed E-state index contributed by atoms with van der Waals surface area (Å²) in [6.45, 7) is 7.34. The van der Waals surface area contributed by atoms with Crippen molar-refractivity contribution < 1.29 is 1.37 Å². The van der Waals surface area contributed by atoms with Gasteiger partial charge in [0.25, 0.3) is 0 Å². The highest BCUT2D eigenvalue weighted by Gasteiger charge is 2.33. The standard InChI is InChI=1S/C13H19N/c1-4-9-14-10-13(2,3)11-7-5-6-8-12(11)14/h5-8H,4,9-10H2,1-3H3/i10D. The average molecular weight is 190 g/mol. The molecule has 1 aromatic rings. The number of rotatable bonds is 2. The van der Waals surface area contributed by atoms with E-state index in [0.717, 1.165) is 13.0 Å². The Morgan fingerprint density at radius 3 is 2.86 bits per heavy atom. The topological polar surface area (TPSA) is 3.24 Å². The largest absolute Gasteiger partial charge is 0.370 e. The molecule has 1 heteroatoms. The van der Waals surface area contributed by atoms with Gasteiger partial charge in [0.2, 0.25) is 0 Å². The summed E-state index contributed by atoms with van der Waals surface area (Å²) in [5.74, 6) is 0. The van der Waals surface area contributed by atoms with Gasteiger partial charge in [-0.2, -0.15) is 0 Å². The molecule has 14 heavy (non-hydrogen) atoms. The average Bonchev–Trinajstić information content (AvgIpc) is 2.42. The first-order valence-electron chi connectivity index (χ1n) is 5.95. The maximum atomic E-state index is 8.31. The van der Waals surface area contributed by atoms with Crippen LogP contribution in [0.5, 0.6) is 0 Å². The van der Waals surface area contributed by atoms with Gasteiger partial charge in [-0.1, -0.05) is 39.0 Å². The van der Waals surface area contributed by atoms with Crippen molar-refractivity contribution in [3.05, 3.63) is 29.8 Å². The van der Waals surface area contributed by atoms with Crippen LogP contribution in [0.2, 0.25) is 0 Å². The smallest absolute Gasteiger partial charge is 0.0502 e. The molecule has 1 nitrogen and oxygen atoms in total. The van der Waals surface area contributed by atoms with Gasteiger partial charge in [-0.25, -0.2) is 0 Å². The quantitative estimate of drug-likeness (QED) is 0.692. The molecule has 0 aromatic heterocycles. The molecule has 1 heterocycles. The van der Waals surface area contributed by atoms with Gasteiger partial charge in [0.05, 0.1) is 1.37 Å². The second-order valence-corrected chi connectivity index (χ2v) is 4.56. The molecule has 0 spiro atoms.